The molecule has 1 aliphatic rings. The molecule has 1 aliphatic carbocycles. The van der Waals surface area contributed by atoms with Crippen LogP contribution in [0.25, 0.3) is 0 Å². The maximum atomic E-state index is 13.1. The fourth-order valence-electron chi connectivity index (χ4n) is 3.64. The van der Waals surface area contributed by atoms with Crippen LogP contribution >= 0.6 is 0 Å². The van der Waals surface area contributed by atoms with Gasteiger partial charge in [0.2, 0.25) is 0 Å². The number of alkyl halides is 3. The van der Waals surface area contributed by atoms with Crippen molar-refractivity contribution in [3.8, 4) is 11.5 Å². The van der Waals surface area contributed by atoms with E-state index in [0.717, 1.165) is 17.2 Å². The Kier molecular flexibility index (Phi) is 9.06. The van der Waals surface area contributed by atoms with Gasteiger partial charge in [0, 0.05) is 25.3 Å². The quantitative estimate of drug-likeness (QED) is 0.582. The van der Waals surface area contributed by atoms with Crippen LogP contribution in [0.2, 0.25) is 0 Å². The Morgan fingerprint density at radius 1 is 1.24 bits per heavy atom. The van der Waals surface area contributed by atoms with E-state index in [1.807, 2.05) is 0 Å². The molecule has 1 fully saturated rings. The van der Waals surface area contributed by atoms with Gasteiger partial charge >= 0.3 is 6.18 Å². The minimum absolute atomic E-state index is 0.240. The predicted octanol–water partition coefficient (Wildman–Crippen LogP) is 2.50. The number of methoxy groups -OCH3 is 2. The van der Waals surface area contributed by atoms with E-state index >= 15 is 0 Å². The Morgan fingerprint density at radius 2 is 1.88 bits per heavy atom. The summed E-state index contributed by atoms with van der Waals surface area (Å²) in [6.45, 7) is -0.139. The smallest absolute Gasteiger partial charge is 0.408 e. The molecule has 0 spiro atoms. The fraction of sp³-hybridized carbons (Fsp3) is 0.571. The minimum atomic E-state index is -4.42. The van der Waals surface area contributed by atoms with Crippen LogP contribution in [0.3, 0.4) is 0 Å². The van der Waals surface area contributed by atoms with Gasteiger partial charge in [0.15, 0.2) is 17.3 Å². The second-order valence-electron chi connectivity index (χ2n) is 7.79. The van der Waals surface area contributed by atoms with E-state index < -0.39 is 24.8 Å². The lowest BCUT2D eigenvalue weighted by molar-refractivity contribution is -0.143. The van der Waals surface area contributed by atoms with Crippen LogP contribution in [-0.4, -0.2) is 63.5 Å². The monoisotopic (exact) mass is 474 g/mol. The predicted molar refractivity (Wildman–Crippen MR) is 112 cm³/mol. The minimum Gasteiger partial charge on any atom is -0.493 e. The van der Waals surface area contributed by atoms with Gasteiger partial charge in [-0.15, -0.1) is 0 Å². The number of halogens is 3. The molecule has 1 heterocycles. The molecule has 1 aromatic carbocycles. The van der Waals surface area contributed by atoms with Crippen LogP contribution in [-0.2, 0) is 17.8 Å². The standard InChI is InChI=1S/C19H25F3N4O3.C2H4O2/c1-28-15-6-3-11(7-16(15)29-2)8-17-24-18(26(25-17)10-19(20,21)22)12-4-5-13(23)14(27)9-12;1-2(3)4/h3,6-7,12-14,27H,4-5,8-10,23H2,1-2H3;1H3,(H,3,4)/t12-,13-,14-;/m0./s1. The number of aliphatic carboxylic acids is 1. The van der Waals surface area contributed by atoms with Gasteiger partial charge < -0.3 is 25.4 Å². The molecule has 12 heteroatoms. The molecule has 3 atom stereocenters. The summed E-state index contributed by atoms with van der Waals surface area (Å²) in [6, 6.07) is 4.89. The van der Waals surface area contributed by atoms with Crippen molar-refractivity contribution in [1.29, 1.82) is 0 Å². The van der Waals surface area contributed by atoms with Gasteiger partial charge in [0.1, 0.15) is 12.4 Å². The van der Waals surface area contributed by atoms with E-state index in [9.17, 15) is 18.3 Å². The van der Waals surface area contributed by atoms with Gasteiger partial charge in [-0.25, -0.2) is 9.67 Å². The molecule has 1 aromatic heterocycles. The van der Waals surface area contributed by atoms with E-state index in [1.165, 1.54) is 14.2 Å². The number of nitrogens with zero attached hydrogens (tertiary/aromatic N) is 3. The molecule has 0 radical (unpaired) electrons. The highest BCUT2D eigenvalue weighted by Crippen LogP contribution is 2.33. The Bertz CT molecular complexity index is 931. The Morgan fingerprint density at radius 3 is 2.42 bits per heavy atom. The fourth-order valence-corrected chi connectivity index (χ4v) is 3.64. The van der Waals surface area contributed by atoms with Crippen molar-refractivity contribution in [3.05, 3.63) is 35.4 Å². The molecule has 0 aliphatic heterocycles. The van der Waals surface area contributed by atoms with E-state index in [0.29, 0.717) is 24.3 Å². The summed E-state index contributed by atoms with van der Waals surface area (Å²) >= 11 is 0. The molecule has 9 nitrogen and oxygen atoms in total. The topological polar surface area (TPSA) is 133 Å². The summed E-state index contributed by atoms with van der Waals surface area (Å²) in [4.78, 5) is 13.4. The Labute approximate surface area is 189 Å². The summed E-state index contributed by atoms with van der Waals surface area (Å²) in [5, 5.41) is 21.6. The molecule has 0 bridgehead atoms. The number of rotatable bonds is 6. The van der Waals surface area contributed by atoms with Gasteiger partial charge in [-0.2, -0.15) is 18.3 Å². The summed E-state index contributed by atoms with van der Waals surface area (Å²) in [6.07, 6.45) is -3.59. The van der Waals surface area contributed by atoms with Gasteiger partial charge in [0.25, 0.3) is 5.97 Å². The number of hydrogen-bond donors (Lipinski definition) is 3. The zero-order valence-electron chi connectivity index (χ0n) is 18.7. The summed E-state index contributed by atoms with van der Waals surface area (Å²) in [5.41, 5.74) is 6.60. The van der Waals surface area contributed by atoms with Gasteiger partial charge in [-0.05, 0) is 37.0 Å². The van der Waals surface area contributed by atoms with Crippen molar-refractivity contribution in [2.24, 2.45) is 5.73 Å². The lowest BCUT2D eigenvalue weighted by Gasteiger charge is -2.30. The summed E-state index contributed by atoms with van der Waals surface area (Å²) < 4.78 is 50.5. The number of carboxylic acids is 1. The number of benzene rings is 1. The summed E-state index contributed by atoms with van der Waals surface area (Å²) in [5.74, 6) is 0.438. The first-order valence-electron chi connectivity index (χ1n) is 10.3. The third-order valence-corrected chi connectivity index (χ3v) is 5.12. The highest BCUT2D eigenvalue weighted by atomic mass is 19.4. The second kappa shape index (κ2) is 11.3. The number of aromatic nitrogens is 3. The maximum Gasteiger partial charge on any atom is 0.408 e. The lowest BCUT2D eigenvalue weighted by atomic mass is 9.84. The van der Waals surface area contributed by atoms with Gasteiger partial charge in [0.05, 0.1) is 20.3 Å². The molecule has 2 aromatic rings. The molecule has 0 amide bonds. The normalized spacial score (nSPS) is 20.5. The molecule has 0 saturated heterocycles. The van der Waals surface area contributed by atoms with Crippen LogP contribution in [0.4, 0.5) is 13.2 Å². The average molecular weight is 474 g/mol. The number of carbonyl (C=O) groups is 1. The van der Waals surface area contributed by atoms with Crippen molar-refractivity contribution in [3.63, 3.8) is 0 Å². The molecule has 4 N–H and O–H groups in total. The largest absolute Gasteiger partial charge is 0.493 e. The zero-order chi connectivity index (χ0) is 24.8. The molecule has 33 heavy (non-hydrogen) atoms. The first kappa shape index (κ1) is 26.4. The summed E-state index contributed by atoms with van der Waals surface area (Å²) in [7, 11) is 3.03. The maximum absolute atomic E-state index is 13.1. The molecule has 0 unspecified atom stereocenters. The Hall–Kier alpha value is -2.86. The van der Waals surface area contributed by atoms with Crippen molar-refractivity contribution in [2.45, 2.75) is 63.4 Å². The molecular formula is C21H29F3N4O5. The number of aliphatic hydroxyl groups excluding tert-OH is 1. The number of hydrogen-bond acceptors (Lipinski definition) is 7. The molecular weight excluding hydrogens is 445 g/mol. The lowest BCUT2D eigenvalue weighted by Crippen LogP contribution is -2.40. The second-order valence-corrected chi connectivity index (χ2v) is 7.79. The first-order chi connectivity index (χ1) is 15.4. The van der Waals surface area contributed by atoms with Crippen molar-refractivity contribution in [2.75, 3.05) is 14.2 Å². The van der Waals surface area contributed by atoms with Crippen molar-refractivity contribution in [1.82, 2.24) is 14.8 Å². The highest BCUT2D eigenvalue weighted by Gasteiger charge is 2.35. The Balaban J connectivity index is 0.000000890. The van der Waals surface area contributed by atoms with Gasteiger partial charge in [-0.1, -0.05) is 6.07 Å². The molecule has 1 saturated carbocycles. The first-order valence-corrected chi connectivity index (χ1v) is 10.3. The van der Waals surface area contributed by atoms with Crippen LogP contribution in [0.1, 0.15) is 49.3 Å². The number of nitrogens with two attached hydrogens (primary N) is 1. The van der Waals surface area contributed by atoms with E-state index in [2.05, 4.69) is 10.1 Å². The average Bonchev–Trinajstić information content (AvgIpc) is 3.09. The molecule has 184 valence electrons. The number of carboxylic acid groups (broad SMARTS) is 1. The third kappa shape index (κ3) is 7.90. The van der Waals surface area contributed by atoms with Crippen molar-refractivity contribution < 1.29 is 37.7 Å². The van der Waals surface area contributed by atoms with Gasteiger partial charge in [-0.3, -0.25) is 4.79 Å². The molecule has 3 rings (SSSR count). The van der Waals surface area contributed by atoms with E-state index in [4.69, 9.17) is 25.1 Å². The number of aliphatic hydroxyl groups is 1. The van der Waals surface area contributed by atoms with Crippen LogP contribution in [0, 0.1) is 0 Å². The van der Waals surface area contributed by atoms with Crippen molar-refractivity contribution >= 4 is 5.97 Å². The van der Waals surface area contributed by atoms with Crippen LogP contribution in [0.15, 0.2) is 18.2 Å². The highest BCUT2D eigenvalue weighted by molar-refractivity contribution is 5.62. The van der Waals surface area contributed by atoms with E-state index in [1.54, 1.807) is 18.2 Å². The van der Waals surface area contributed by atoms with Crippen LogP contribution in [0.5, 0.6) is 11.5 Å². The SMILES string of the molecule is CC(=O)O.COc1ccc(Cc2nc([C@H]3CC[C@H](N)[C@@H](O)C3)n(CC(F)(F)F)n2)cc1OC. The number of ether oxygens (including phenoxy) is 2. The third-order valence-electron chi connectivity index (χ3n) is 5.12. The zero-order valence-corrected chi connectivity index (χ0v) is 18.7. The van der Waals surface area contributed by atoms with E-state index in [-0.39, 0.29) is 36.5 Å². The van der Waals surface area contributed by atoms with Crippen LogP contribution < -0.4 is 15.2 Å².